The van der Waals surface area contributed by atoms with Crippen LogP contribution in [-0.2, 0) is 15.5 Å². The van der Waals surface area contributed by atoms with Gasteiger partial charge in [0.15, 0.2) is 5.84 Å². The highest BCUT2D eigenvalue weighted by atomic mass is 32.5. The summed E-state index contributed by atoms with van der Waals surface area (Å²) in [4.78, 5) is 15.0. The van der Waals surface area contributed by atoms with Crippen LogP contribution < -0.4 is 15.6 Å². The van der Waals surface area contributed by atoms with Crippen LogP contribution in [0.5, 0.6) is 5.75 Å². The third kappa shape index (κ3) is 3.98. The van der Waals surface area contributed by atoms with Gasteiger partial charge in [0, 0.05) is 16.8 Å². The molecule has 2 aromatic carbocycles. The molecular weight excluding hydrogens is 437 g/mol. The van der Waals surface area contributed by atoms with Gasteiger partial charge >= 0.3 is 0 Å². The molecule has 0 fully saturated rings. The molecule has 0 saturated carbocycles. The van der Waals surface area contributed by atoms with E-state index in [1.807, 2.05) is 47.0 Å². The minimum atomic E-state index is -1.78. The van der Waals surface area contributed by atoms with Crippen molar-refractivity contribution in [2.75, 3.05) is 12.4 Å². The average Bonchev–Trinajstić information content (AvgIpc) is 2.77. The SMILES string of the molecule is CCC=S1(=P)N=C(c2c(OC)c3ccccc3n(CCC(C)C)c2=O)Nc2ccccc21. The number of aryl methyl sites for hydroxylation is 1. The Morgan fingerprint density at radius 1 is 1.19 bits per heavy atom. The summed E-state index contributed by atoms with van der Waals surface area (Å²) in [5.74, 6) is 1.59. The van der Waals surface area contributed by atoms with Crippen molar-refractivity contribution in [2.45, 2.75) is 45.1 Å². The van der Waals surface area contributed by atoms with E-state index in [2.05, 4.69) is 45.5 Å². The quantitative estimate of drug-likeness (QED) is 0.378. The Kier molecular flexibility index (Phi) is 6.45. The fourth-order valence-corrected chi connectivity index (χ4v) is 7.38. The number of hydrogen-bond acceptors (Lipinski definition) is 3. The van der Waals surface area contributed by atoms with Crippen molar-refractivity contribution in [1.82, 2.24) is 4.57 Å². The maximum Gasteiger partial charge on any atom is 0.265 e. The number of para-hydroxylation sites is 2. The molecule has 2 heterocycles. The van der Waals surface area contributed by atoms with Gasteiger partial charge in [-0.3, -0.25) is 4.79 Å². The van der Waals surface area contributed by atoms with Crippen molar-refractivity contribution in [3.8, 4) is 5.75 Å². The third-order valence-electron chi connectivity index (χ3n) is 5.62. The summed E-state index contributed by atoms with van der Waals surface area (Å²) < 4.78 is 12.8. The second-order valence-electron chi connectivity index (χ2n) is 8.33. The van der Waals surface area contributed by atoms with Gasteiger partial charge in [0.1, 0.15) is 11.3 Å². The Bertz CT molecular complexity index is 1380. The predicted molar refractivity (Wildman–Crippen MR) is 141 cm³/mol. The van der Waals surface area contributed by atoms with Crippen LogP contribution in [0, 0.1) is 5.92 Å². The van der Waals surface area contributed by atoms with Crippen molar-refractivity contribution in [1.29, 1.82) is 0 Å². The Balaban J connectivity index is 2.04. The van der Waals surface area contributed by atoms with Gasteiger partial charge in [-0.25, -0.2) is 4.40 Å². The first-order valence-corrected chi connectivity index (χ1v) is 13.8. The molecule has 1 atom stereocenters. The van der Waals surface area contributed by atoms with Gasteiger partial charge in [-0.05, 0) is 48.4 Å². The Hall–Kier alpha value is -2.56. The van der Waals surface area contributed by atoms with Crippen LogP contribution in [0.3, 0.4) is 0 Å². The lowest BCUT2D eigenvalue weighted by atomic mass is 10.1. The number of aromatic nitrogens is 1. The minimum absolute atomic E-state index is 0.0863. The number of hydrogen-bond donors (Lipinski definition) is 1. The van der Waals surface area contributed by atoms with Gasteiger partial charge in [-0.15, -0.1) is 0 Å². The zero-order valence-corrected chi connectivity index (χ0v) is 20.8. The van der Waals surface area contributed by atoms with E-state index in [1.165, 1.54) is 0 Å². The summed E-state index contributed by atoms with van der Waals surface area (Å²) in [7, 11) is 3.84. The van der Waals surface area contributed by atoms with Crippen LogP contribution in [0.4, 0.5) is 5.69 Å². The molecule has 1 aliphatic rings. The van der Waals surface area contributed by atoms with Gasteiger partial charge in [0.05, 0.1) is 18.3 Å². The molecule has 32 heavy (non-hydrogen) atoms. The molecule has 5 nitrogen and oxygen atoms in total. The van der Waals surface area contributed by atoms with Crippen molar-refractivity contribution < 1.29 is 4.74 Å². The van der Waals surface area contributed by atoms with Crippen molar-refractivity contribution >= 4 is 44.8 Å². The molecule has 1 aliphatic heterocycles. The predicted octanol–water partition coefficient (Wildman–Crippen LogP) is 5.63. The summed E-state index contributed by atoms with van der Waals surface area (Å²) in [6, 6.07) is 16.0. The number of ether oxygens (including phenoxy) is 1. The summed E-state index contributed by atoms with van der Waals surface area (Å²) >= 11 is 0. The number of methoxy groups -OCH3 is 1. The largest absolute Gasteiger partial charge is 0.495 e. The maximum atomic E-state index is 13.9. The highest BCUT2D eigenvalue weighted by Crippen LogP contribution is 2.34. The first-order chi connectivity index (χ1) is 15.4. The van der Waals surface area contributed by atoms with Crippen LogP contribution in [0.1, 0.15) is 39.2 Å². The molecule has 0 bridgehead atoms. The van der Waals surface area contributed by atoms with Gasteiger partial charge in [-0.1, -0.05) is 62.0 Å². The smallest absolute Gasteiger partial charge is 0.265 e. The van der Waals surface area contributed by atoms with Crippen molar-refractivity contribution in [2.24, 2.45) is 10.3 Å². The molecule has 168 valence electrons. The normalized spacial score (nSPS) is 17.6. The molecule has 0 spiro atoms. The number of pyridine rings is 1. The lowest BCUT2D eigenvalue weighted by molar-refractivity contribution is 0.416. The van der Waals surface area contributed by atoms with Crippen LogP contribution >= 0.6 is 8.02 Å². The number of nitrogens with zero attached hydrogens (tertiary/aromatic N) is 2. The molecule has 1 unspecified atom stereocenters. The molecule has 7 heteroatoms. The molecule has 1 aromatic heterocycles. The number of benzene rings is 2. The summed E-state index contributed by atoms with van der Waals surface area (Å²) in [6.45, 7) is 7.09. The van der Waals surface area contributed by atoms with Gasteiger partial charge < -0.3 is 14.6 Å². The first kappa shape index (κ1) is 22.6. The second-order valence-corrected chi connectivity index (χ2v) is 12.4. The van der Waals surface area contributed by atoms with E-state index in [9.17, 15) is 4.79 Å². The topological polar surface area (TPSA) is 55.6 Å². The van der Waals surface area contributed by atoms with Crippen LogP contribution in [0.15, 0.2) is 62.6 Å². The Morgan fingerprint density at radius 3 is 2.62 bits per heavy atom. The van der Waals surface area contributed by atoms with Gasteiger partial charge in [-0.2, -0.15) is 0 Å². The molecule has 1 N–H and O–H groups in total. The molecule has 0 aliphatic carbocycles. The van der Waals surface area contributed by atoms with E-state index in [4.69, 9.17) is 9.13 Å². The van der Waals surface area contributed by atoms with Gasteiger partial charge in [0.2, 0.25) is 0 Å². The number of amidine groups is 1. The van der Waals surface area contributed by atoms with Crippen LogP contribution in [0.25, 0.3) is 10.9 Å². The molecule has 0 amide bonds. The monoisotopic (exact) mass is 467 g/mol. The maximum absolute atomic E-state index is 13.9. The highest BCUT2D eigenvalue weighted by molar-refractivity contribution is 8.27. The number of nitrogens with one attached hydrogen (secondary N) is 1. The molecule has 3 aromatic rings. The standard InChI is InChI=1S/C25H30N3O2PS/c1-5-16-32(31)21-13-9-7-11-19(21)26-24(27-32)22-23(30-4)18-10-6-8-12-20(18)28(25(22)29)15-14-17(2)3/h6-13,16-17,31H,5,14-15H2,1-4H3,(H,26,27). The lowest BCUT2D eigenvalue weighted by Gasteiger charge is -2.26. The molecular formula is C25H30N3O2PS. The zero-order chi connectivity index (χ0) is 22.9. The van der Waals surface area contributed by atoms with E-state index in [1.54, 1.807) is 7.11 Å². The van der Waals surface area contributed by atoms with E-state index in [0.717, 1.165) is 34.3 Å². The van der Waals surface area contributed by atoms with E-state index in [0.29, 0.717) is 29.6 Å². The average molecular weight is 468 g/mol. The van der Waals surface area contributed by atoms with E-state index in [-0.39, 0.29) is 5.56 Å². The molecule has 0 saturated heterocycles. The highest BCUT2D eigenvalue weighted by Gasteiger charge is 2.26. The zero-order valence-electron chi connectivity index (χ0n) is 19.0. The fourth-order valence-electron chi connectivity index (χ4n) is 4.07. The molecule has 4 rings (SSSR count). The summed E-state index contributed by atoms with van der Waals surface area (Å²) in [6.07, 6.45) is 1.77. The Labute approximate surface area is 192 Å². The summed E-state index contributed by atoms with van der Waals surface area (Å²) in [5.41, 5.74) is 2.23. The fraction of sp³-hybridized carbons (Fsp3) is 0.320. The summed E-state index contributed by atoms with van der Waals surface area (Å²) in [5, 5.41) is 6.52. The third-order valence-corrected chi connectivity index (χ3v) is 9.36. The van der Waals surface area contributed by atoms with Gasteiger partial charge in [0.25, 0.3) is 5.56 Å². The van der Waals surface area contributed by atoms with E-state index < -0.39 is 8.98 Å². The first-order valence-electron chi connectivity index (χ1n) is 11.0. The van der Waals surface area contributed by atoms with Crippen molar-refractivity contribution in [3.63, 3.8) is 0 Å². The minimum Gasteiger partial charge on any atom is -0.495 e. The lowest BCUT2D eigenvalue weighted by Crippen LogP contribution is -2.33. The number of rotatable bonds is 6. The number of fused-ring (bicyclic) bond motifs is 2. The van der Waals surface area contributed by atoms with E-state index >= 15 is 0 Å². The molecule has 0 radical (unpaired) electrons. The van der Waals surface area contributed by atoms with Crippen LogP contribution in [0.2, 0.25) is 0 Å². The second kappa shape index (κ2) is 9.13. The Morgan fingerprint density at radius 2 is 1.91 bits per heavy atom. The number of anilines is 1. The van der Waals surface area contributed by atoms with Crippen LogP contribution in [-0.4, -0.2) is 22.9 Å². The van der Waals surface area contributed by atoms with Crippen molar-refractivity contribution in [3.05, 3.63) is 64.4 Å².